The number of carboxylic acid groups (broad SMARTS) is 1. The molecule has 1 N–H and O–H groups in total. The Morgan fingerprint density at radius 1 is 1.07 bits per heavy atom. The number of benzene rings is 2. The number of nitrogens with zero attached hydrogens (tertiary/aromatic N) is 2. The quantitative estimate of drug-likeness (QED) is 0.644. The fraction of sp³-hybridized carbons (Fsp3) is 0.211. The molecule has 0 aliphatic carbocycles. The number of aliphatic carboxylic acids is 1. The Bertz CT molecular complexity index is 920. The van der Waals surface area contributed by atoms with E-state index >= 15 is 0 Å². The molecule has 2 aromatic carbocycles. The van der Waals surface area contributed by atoms with Crippen LogP contribution in [0.2, 0.25) is 0 Å². The maximum absolute atomic E-state index is 10.7. The standard InChI is InChI=1S/C19H18N2O6/c1-3-25-16-10-13(6-9-15(16)26-11-17(22)23)18-20-19(27-21-18)12-4-7-14(24-2)8-5-12/h4-10H,3,11H2,1-2H3,(H,22,23). The van der Waals surface area contributed by atoms with Gasteiger partial charge in [-0.25, -0.2) is 4.79 Å². The summed E-state index contributed by atoms with van der Waals surface area (Å²) in [5, 5.41) is 12.8. The minimum absolute atomic E-state index is 0.335. The van der Waals surface area contributed by atoms with Crippen molar-refractivity contribution in [1.29, 1.82) is 0 Å². The van der Waals surface area contributed by atoms with Crippen LogP contribution >= 0.6 is 0 Å². The van der Waals surface area contributed by atoms with Gasteiger partial charge in [0.05, 0.1) is 13.7 Å². The summed E-state index contributed by atoms with van der Waals surface area (Å²) in [6.07, 6.45) is 0. The van der Waals surface area contributed by atoms with Crippen LogP contribution in [-0.2, 0) is 4.79 Å². The van der Waals surface area contributed by atoms with Crippen LogP contribution < -0.4 is 14.2 Å². The lowest BCUT2D eigenvalue weighted by Crippen LogP contribution is -2.10. The van der Waals surface area contributed by atoms with Crippen LogP contribution in [0.3, 0.4) is 0 Å². The summed E-state index contributed by atoms with van der Waals surface area (Å²) < 4.78 is 21.2. The molecule has 0 fully saturated rings. The van der Waals surface area contributed by atoms with Crippen LogP contribution in [0, 0.1) is 0 Å². The molecule has 3 aromatic rings. The smallest absolute Gasteiger partial charge is 0.341 e. The zero-order valence-corrected chi connectivity index (χ0v) is 14.8. The van der Waals surface area contributed by atoms with E-state index in [1.54, 1.807) is 37.4 Å². The van der Waals surface area contributed by atoms with Crippen LogP contribution in [0.5, 0.6) is 17.2 Å². The van der Waals surface area contributed by atoms with Gasteiger partial charge < -0.3 is 23.8 Å². The van der Waals surface area contributed by atoms with Crippen LogP contribution in [0.4, 0.5) is 0 Å². The number of methoxy groups -OCH3 is 1. The lowest BCUT2D eigenvalue weighted by atomic mass is 10.2. The van der Waals surface area contributed by atoms with Crippen molar-refractivity contribution in [2.75, 3.05) is 20.3 Å². The van der Waals surface area contributed by atoms with Gasteiger partial charge in [0.1, 0.15) is 5.75 Å². The Hall–Kier alpha value is -3.55. The van der Waals surface area contributed by atoms with Crippen molar-refractivity contribution in [3.63, 3.8) is 0 Å². The molecule has 0 saturated carbocycles. The highest BCUT2D eigenvalue weighted by Crippen LogP contribution is 2.32. The number of aromatic nitrogens is 2. The van der Waals surface area contributed by atoms with Gasteiger partial charge in [-0.2, -0.15) is 4.98 Å². The van der Waals surface area contributed by atoms with Gasteiger partial charge in [0.2, 0.25) is 5.82 Å². The van der Waals surface area contributed by atoms with E-state index in [4.69, 9.17) is 23.8 Å². The number of rotatable bonds is 8. The summed E-state index contributed by atoms with van der Waals surface area (Å²) in [4.78, 5) is 15.1. The van der Waals surface area contributed by atoms with Crippen molar-refractivity contribution in [3.05, 3.63) is 42.5 Å². The molecule has 0 amide bonds. The summed E-state index contributed by atoms with van der Waals surface area (Å²) in [7, 11) is 1.60. The molecule has 140 valence electrons. The van der Waals surface area contributed by atoms with E-state index in [0.29, 0.717) is 35.4 Å². The van der Waals surface area contributed by atoms with Gasteiger partial charge in [0.25, 0.3) is 5.89 Å². The zero-order chi connectivity index (χ0) is 19.2. The minimum atomic E-state index is -1.07. The van der Waals surface area contributed by atoms with E-state index in [1.165, 1.54) is 0 Å². The first-order valence-corrected chi connectivity index (χ1v) is 8.20. The highest BCUT2D eigenvalue weighted by molar-refractivity contribution is 5.69. The minimum Gasteiger partial charge on any atom is -0.497 e. The fourth-order valence-corrected chi connectivity index (χ4v) is 2.37. The molecule has 0 atom stereocenters. The van der Waals surface area contributed by atoms with Gasteiger partial charge in [-0.3, -0.25) is 0 Å². The maximum Gasteiger partial charge on any atom is 0.341 e. The fourth-order valence-electron chi connectivity index (χ4n) is 2.37. The topological polar surface area (TPSA) is 104 Å². The van der Waals surface area contributed by atoms with Crippen molar-refractivity contribution < 1.29 is 28.6 Å². The molecular weight excluding hydrogens is 352 g/mol. The molecule has 0 aliphatic heterocycles. The normalized spacial score (nSPS) is 10.4. The SMILES string of the molecule is CCOc1cc(-c2noc(-c3ccc(OC)cc3)n2)ccc1OCC(=O)O. The van der Waals surface area contributed by atoms with Crippen LogP contribution in [0.1, 0.15) is 6.92 Å². The van der Waals surface area contributed by atoms with E-state index in [-0.39, 0.29) is 0 Å². The molecule has 0 bridgehead atoms. The summed E-state index contributed by atoms with van der Waals surface area (Å²) in [5.41, 5.74) is 1.42. The van der Waals surface area contributed by atoms with Crippen LogP contribution in [0.25, 0.3) is 22.8 Å². The highest BCUT2D eigenvalue weighted by Gasteiger charge is 2.14. The second kappa shape index (κ2) is 8.22. The van der Waals surface area contributed by atoms with Crippen LogP contribution in [-0.4, -0.2) is 41.5 Å². The molecule has 3 rings (SSSR count). The summed E-state index contributed by atoms with van der Waals surface area (Å²) in [6, 6.07) is 12.3. The van der Waals surface area contributed by atoms with Crippen molar-refractivity contribution in [2.45, 2.75) is 6.92 Å². The monoisotopic (exact) mass is 370 g/mol. The van der Waals surface area contributed by atoms with Gasteiger partial charge in [-0.05, 0) is 49.4 Å². The average Bonchev–Trinajstić information content (AvgIpc) is 3.17. The van der Waals surface area contributed by atoms with Gasteiger partial charge in [0.15, 0.2) is 18.1 Å². The second-order valence-electron chi connectivity index (χ2n) is 5.43. The van der Waals surface area contributed by atoms with E-state index < -0.39 is 12.6 Å². The summed E-state index contributed by atoms with van der Waals surface area (Å²) >= 11 is 0. The molecule has 27 heavy (non-hydrogen) atoms. The molecule has 0 radical (unpaired) electrons. The van der Waals surface area contributed by atoms with Crippen molar-refractivity contribution in [1.82, 2.24) is 10.1 Å². The first kappa shape index (κ1) is 18.2. The first-order valence-electron chi connectivity index (χ1n) is 8.20. The molecule has 1 aromatic heterocycles. The molecule has 1 heterocycles. The molecule has 0 spiro atoms. The van der Waals surface area contributed by atoms with E-state index in [0.717, 1.165) is 11.3 Å². The molecule has 0 saturated heterocycles. The van der Waals surface area contributed by atoms with Gasteiger partial charge in [-0.1, -0.05) is 5.16 Å². The Morgan fingerprint density at radius 3 is 2.48 bits per heavy atom. The van der Waals surface area contributed by atoms with E-state index in [9.17, 15) is 4.79 Å². The number of ether oxygens (including phenoxy) is 3. The van der Waals surface area contributed by atoms with Crippen molar-refractivity contribution in [2.24, 2.45) is 0 Å². The van der Waals surface area contributed by atoms with Crippen molar-refractivity contribution in [3.8, 4) is 40.1 Å². The zero-order valence-electron chi connectivity index (χ0n) is 14.8. The average molecular weight is 370 g/mol. The molecule has 0 unspecified atom stereocenters. The molecule has 0 aliphatic rings. The van der Waals surface area contributed by atoms with Gasteiger partial charge in [0, 0.05) is 11.1 Å². The Labute approximate surface area is 155 Å². The highest BCUT2D eigenvalue weighted by atomic mass is 16.5. The first-order chi connectivity index (χ1) is 13.1. The van der Waals surface area contributed by atoms with Gasteiger partial charge in [-0.15, -0.1) is 0 Å². The maximum atomic E-state index is 10.7. The molecular formula is C19H18N2O6. The molecule has 8 nitrogen and oxygen atoms in total. The number of hydrogen-bond donors (Lipinski definition) is 1. The lowest BCUT2D eigenvalue weighted by Gasteiger charge is -2.11. The predicted molar refractivity (Wildman–Crippen MR) is 96.0 cm³/mol. The third-order valence-electron chi connectivity index (χ3n) is 3.62. The lowest BCUT2D eigenvalue weighted by molar-refractivity contribution is -0.139. The summed E-state index contributed by atoms with van der Waals surface area (Å²) in [6.45, 7) is 1.77. The Balaban J connectivity index is 1.86. The number of hydrogen-bond acceptors (Lipinski definition) is 7. The van der Waals surface area contributed by atoms with Gasteiger partial charge >= 0.3 is 5.97 Å². The predicted octanol–water partition coefficient (Wildman–Crippen LogP) is 3.27. The number of carbonyl (C=O) groups is 1. The third kappa shape index (κ3) is 4.35. The number of carboxylic acids is 1. The molecule has 8 heteroatoms. The van der Waals surface area contributed by atoms with Crippen LogP contribution in [0.15, 0.2) is 47.0 Å². The van der Waals surface area contributed by atoms with E-state index in [1.807, 2.05) is 19.1 Å². The third-order valence-corrected chi connectivity index (χ3v) is 3.62. The summed E-state index contributed by atoms with van der Waals surface area (Å²) in [5.74, 6) is 1.16. The Kier molecular flexibility index (Phi) is 5.55. The van der Waals surface area contributed by atoms with Crippen molar-refractivity contribution >= 4 is 5.97 Å². The largest absolute Gasteiger partial charge is 0.497 e. The Morgan fingerprint density at radius 2 is 1.81 bits per heavy atom. The second-order valence-corrected chi connectivity index (χ2v) is 5.43. The van der Waals surface area contributed by atoms with E-state index in [2.05, 4.69) is 10.1 Å².